The zero-order chi connectivity index (χ0) is 11.6. The SMILES string of the molecule is CC(Cc1nc(C(=O)O)no1)C(F)(F)F. The van der Waals surface area contributed by atoms with E-state index in [9.17, 15) is 18.0 Å². The Bertz CT molecular complexity index is 361. The molecule has 0 saturated heterocycles. The lowest BCUT2D eigenvalue weighted by Crippen LogP contribution is -2.22. The van der Waals surface area contributed by atoms with Crippen LogP contribution in [0.1, 0.15) is 23.4 Å². The molecule has 15 heavy (non-hydrogen) atoms. The second kappa shape index (κ2) is 3.87. The molecule has 1 atom stereocenters. The summed E-state index contributed by atoms with van der Waals surface area (Å²) in [6, 6.07) is 0. The van der Waals surface area contributed by atoms with Gasteiger partial charge in [-0.15, -0.1) is 0 Å². The highest BCUT2D eigenvalue weighted by atomic mass is 19.4. The number of carboxylic acid groups (broad SMARTS) is 1. The molecule has 84 valence electrons. The lowest BCUT2D eigenvalue weighted by molar-refractivity contribution is -0.170. The third-order valence-corrected chi connectivity index (χ3v) is 1.70. The zero-order valence-electron chi connectivity index (χ0n) is 7.58. The summed E-state index contributed by atoms with van der Waals surface area (Å²) in [5.41, 5.74) is 0. The van der Waals surface area contributed by atoms with E-state index in [1.54, 1.807) is 0 Å². The summed E-state index contributed by atoms with van der Waals surface area (Å²) in [4.78, 5) is 13.6. The van der Waals surface area contributed by atoms with E-state index < -0.39 is 30.3 Å². The van der Waals surface area contributed by atoms with Crippen LogP contribution in [-0.4, -0.2) is 27.4 Å². The van der Waals surface area contributed by atoms with Gasteiger partial charge in [0.25, 0.3) is 5.82 Å². The van der Waals surface area contributed by atoms with Gasteiger partial charge >= 0.3 is 12.1 Å². The molecule has 0 aliphatic rings. The monoisotopic (exact) mass is 224 g/mol. The fourth-order valence-electron chi connectivity index (χ4n) is 0.802. The Morgan fingerprint density at radius 1 is 1.60 bits per heavy atom. The molecule has 1 N–H and O–H groups in total. The predicted octanol–water partition coefficient (Wildman–Crippen LogP) is 1.51. The van der Waals surface area contributed by atoms with E-state index in [-0.39, 0.29) is 5.89 Å². The Hall–Kier alpha value is -1.60. The van der Waals surface area contributed by atoms with Gasteiger partial charge in [-0.1, -0.05) is 6.92 Å². The van der Waals surface area contributed by atoms with Gasteiger partial charge in [-0.3, -0.25) is 0 Å². The Kier molecular flexibility index (Phi) is 2.96. The number of carboxylic acids is 1. The third kappa shape index (κ3) is 2.93. The summed E-state index contributed by atoms with van der Waals surface area (Å²) in [5, 5.41) is 11.4. The summed E-state index contributed by atoms with van der Waals surface area (Å²) in [6.07, 6.45) is -4.89. The van der Waals surface area contributed by atoms with E-state index in [0.29, 0.717) is 0 Å². The molecular weight excluding hydrogens is 217 g/mol. The van der Waals surface area contributed by atoms with Crippen LogP contribution in [0.2, 0.25) is 0 Å². The minimum Gasteiger partial charge on any atom is -0.475 e. The summed E-state index contributed by atoms with van der Waals surface area (Å²) in [6.45, 7) is 0.949. The van der Waals surface area contributed by atoms with E-state index in [1.807, 2.05) is 0 Å². The van der Waals surface area contributed by atoms with Crippen LogP contribution in [-0.2, 0) is 6.42 Å². The molecule has 5 nitrogen and oxygen atoms in total. The summed E-state index contributed by atoms with van der Waals surface area (Å²) < 4.78 is 40.6. The molecule has 8 heteroatoms. The van der Waals surface area contributed by atoms with Crippen molar-refractivity contribution in [3.63, 3.8) is 0 Å². The summed E-state index contributed by atoms with van der Waals surface area (Å²) in [5.74, 6) is -4.07. The highest BCUT2D eigenvalue weighted by Gasteiger charge is 2.37. The molecule has 0 bridgehead atoms. The Morgan fingerprint density at radius 2 is 2.20 bits per heavy atom. The van der Waals surface area contributed by atoms with Crippen molar-refractivity contribution in [1.82, 2.24) is 10.1 Å². The average Bonchev–Trinajstić information content (AvgIpc) is 2.50. The van der Waals surface area contributed by atoms with Gasteiger partial charge in [-0.05, 0) is 5.16 Å². The average molecular weight is 224 g/mol. The van der Waals surface area contributed by atoms with Crippen molar-refractivity contribution in [2.24, 2.45) is 5.92 Å². The van der Waals surface area contributed by atoms with E-state index in [0.717, 1.165) is 6.92 Å². The van der Waals surface area contributed by atoms with Crippen molar-refractivity contribution in [2.75, 3.05) is 0 Å². The van der Waals surface area contributed by atoms with Gasteiger partial charge in [0, 0.05) is 6.42 Å². The minimum absolute atomic E-state index is 0.336. The van der Waals surface area contributed by atoms with Crippen LogP contribution in [0.5, 0.6) is 0 Å². The molecule has 0 aromatic carbocycles. The van der Waals surface area contributed by atoms with Crippen LogP contribution in [0.15, 0.2) is 4.52 Å². The molecule has 1 aromatic heterocycles. The van der Waals surface area contributed by atoms with Gasteiger partial charge < -0.3 is 9.63 Å². The number of nitrogens with zero attached hydrogens (tertiary/aromatic N) is 2. The van der Waals surface area contributed by atoms with Gasteiger partial charge in [0.2, 0.25) is 5.89 Å². The lowest BCUT2D eigenvalue weighted by Gasteiger charge is -2.12. The summed E-state index contributed by atoms with van der Waals surface area (Å²) in [7, 11) is 0. The number of halogens is 3. The van der Waals surface area contributed by atoms with Crippen LogP contribution < -0.4 is 0 Å². The Labute approximate surface area is 81.9 Å². The molecular formula is C7H7F3N2O3. The third-order valence-electron chi connectivity index (χ3n) is 1.70. The molecule has 1 aromatic rings. The molecule has 0 aliphatic heterocycles. The van der Waals surface area contributed by atoms with Crippen LogP contribution in [0.4, 0.5) is 13.2 Å². The van der Waals surface area contributed by atoms with Gasteiger partial charge in [-0.25, -0.2) is 4.79 Å². The smallest absolute Gasteiger partial charge is 0.392 e. The topological polar surface area (TPSA) is 76.2 Å². The first-order valence-electron chi connectivity index (χ1n) is 3.93. The first kappa shape index (κ1) is 11.5. The lowest BCUT2D eigenvalue weighted by atomic mass is 10.1. The van der Waals surface area contributed by atoms with Crippen molar-refractivity contribution in [3.8, 4) is 0 Å². The number of carbonyl (C=O) groups is 1. The molecule has 0 fully saturated rings. The van der Waals surface area contributed by atoms with Crippen molar-refractivity contribution >= 4 is 5.97 Å². The van der Waals surface area contributed by atoms with E-state index >= 15 is 0 Å². The molecule has 0 saturated carbocycles. The largest absolute Gasteiger partial charge is 0.475 e. The molecule has 1 unspecified atom stereocenters. The van der Waals surface area contributed by atoms with E-state index in [4.69, 9.17) is 5.11 Å². The van der Waals surface area contributed by atoms with Crippen molar-refractivity contribution in [3.05, 3.63) is 11.7 Å². The van der Waals surface area contributed by atoms with Crippen LogP contribution in [0, 0.1) is 5.92 Å². The Morgan fingerprint density at radius 3 is 2.60 bits per heavy atom. The molecule has 1 rings (SSSR count). The number of aromatic nitrogens is 2. The fourth-order valence-corrected chi connectivity index (χ4v) is 0.802. The zero-order valence-corrected chi connectivity index (χ0v) is 7.58. The molecule has 0 amide bonds. The van der Waals surface area contributed by atoms with Crippen LogP contribution in [0.25, 0.3) is 0 Å². The highest BCUT2D eigenvalue weighted by Crippen LogP contribution is 2.28. The van der Waals surface area contributed by atoms with Gasteiger partial charge in [0.1, 0.15) is 0 Å². The van der Waals surface area contributed by atoms with Gasteiger partial charge in [0.05, 0.1) is 5.92 Å². The minimum atomic E-state index is -4.36. The maximum Gasteiger partial charge on any atom is 0.392 e. The van der Waals surface area contributed by atoms with Gasteiger partial charge in [0.15, 0.2) is 0 Å². The van der Waals surface area contributed by atoms with Crippen LogP contribution >= 0.6 is 0 Å². The number of rotatable bonds is 3. The quantitative estimate of drug-likeness (QED) is 0.841. The van der Waals surface area contributed by atoms with Crippen molar-refractivity contribution in [1.29, 1.82) is 0 Å². The molecule has 0 radical (unpaired) electrons. The summed E-state index contributed by atoms with van der Waals surface area (Å²) >= 11 is 0. The molecule has 0 aliphatic carbocycles. The van der Waals surface area contributed by atoms with Gasteiger partial charge in [-0.2, -0.15) is 18.2 Å². The standard InChI is InChI=1S/C7H7F3N2O3/c1-3(7(8,9)10)2-4-11-5(6(13)14)12-15-4/h3H,2H2,1H3,(H,13,14). The van der Waals surface area contributed by atoms with Crippen molar-refractivity contribution in [2.45, 2.75) is 19.5 Å². The maximum atomic E-state index is 12.1. The van der Waals surface area contributed by atoms with E-state index in [1.165, 1.54) is 0 Å². The van der Waals surface area contributed by atoms with Crippen molar-refractivity contribution < 1.29 is 27.6 Å². The number of hydrogen-bond acceptors (Lipinski definition) is 4. The first-order chi connectivity index (χ1) is 6.80. The second-order valence-corrected chi connectivity index (χ2v) is 2.96. The fraction of sp³-hybridized carbons (Fsp3) is 0.571. The number of aromatic carboxylic acids is 1. The highest BCUT2D eigenvalue weighted by molar-refractivity contribution is 5.82. The normalized spacial score (nSPS) is 13.9. The first-order valence-corrected chi connectivity index (χ1v) is 3.93. The molecule has 1 heterocycles. The molecule has 0 spiro atoms. The van der Waals surface area contributed by atoms with Crippen LogP contribution in [0.3, 0.4) is 0 Å². The maximum absolute atomic E-state index is 12.1. The van der Waals surface area contributed by atoms with E-state index in [2.05, 4.69) is 14.7 Å². The number of hydrogen-bond donors (Lipinski definition) is 1. The Balaban J connectivity index is 2.69. The number of alkyl halides is 3. The predicted molar refractivity (Wildman–Crippen MR) is 40.2 cm³/mol. The second-order valence-electron chi connectivity index (χ2n) is 2.96.